The second kappa shape index (κ2) is 16.0. The lowest BCUT2D eigenvalue weighted by atomic mass is 9.46. The van der Waals surface area contributed by atoms with E-state index in [0.29, 0.717) is 37.5 Å². The van der Waals surface area contributed by atoms with E-state index >= 15 is 0 Å². The number of hydrogen-bond donors (Lipinski definition) is 9. The quantitative estimate of drug-likeness (QED) is 0.125. The molecule has 0 radical (unpaired) electrons. The zero-order chi connectivity index (χ0) is 39.8. The molecule has 3 aliphatic heterocycles. The van der Waals surface area contributed by atoms with E-state index < -0.39 is 98.0 Å². The van der Waals surface area contributed by atoms with Crippen LogP contribution in [0.25, 0.3) is 0 Å². The summed E-state index contributed by atoms with van der Waals surface area (Å²) in [6.45, 7) is 8.07. The zero-order valence-electron chi connectivity index (χ0n) is 32.8. The van der Waals surface area contributed by atoms with Crippen molar-refractivity contribution in [3.63, 3.8) is 0 Å². The van der Waals surface area contributed by atoms with Crippen molar-refractivity contribution in [2.24, 2.45) is 46.3 Å². The van der Waals surface area contributed by atoms with Crippen molar-refractivity contribution in [1.29, 1.82) is 0 Å². The molecule has 0 aromatic heterocycles. The van der Waals surface area contributed by atoms with Gasteiger partial charge < -0.3 is 74.4 Å². The molecule has 55 heavy (non-hydrogen) atoms. The second-order valence-electron chi connectivity index (χ2n) is 18.5. The standard InChI is InChI=1S/C40H66O15/c1-18(17-51-36-34(48)32(46)30(44)26(15-41)52-36)8-11-40(50-5)19(2)29-25(55-40)14-24-22-7-6-20-12-21(43)13-28(39(20,4)23(22)9-10-38(24,29)3)54-37-35(49)33(47)31(45)27(16-42)53-37/h6,18-19,21-37,41-49H,7-17H2,1-5H3/t18-,19-,21+,22+,23-,24-,25-,26+,27+,28+,29-,30+,31-,32-,33-,34+,35+,36+,37-,38-,39-,40+/m0/s1. The number of methoxy groups -OCH3 is 1. The minimum Gasteiger partial charge on any atom is -0.394 e. The highest BCUT2D eigenvalue weighted by Gasteiger charge is 2.69. The Morgan fingerprint density at radius 2 is 1.49 bits per heavy atom. The van der Waals surface area contributed by atoms with Gasteiger partial charge >= 0.3 is 0 Å². The van der Waals surface area contributed by atoms with Crippen LogP contribution < -0.4 is 0 Å². The van der Waals surface area contributed by atoms with Crippen LogP contribution in [0.5, 0.6) is 0 Å². The Hall–Kier alpha value is -0.860. The van der Waals surface area contributed by atoms with Crippen LogP contribution in [0.15, 0.2) is 11.6 Å². The average Bonchev–Trinajstić information content (AvgIpc) is 3.62. The van der Waals surface area contributed by atoms with Gasteiger partial charge in [-0.15, -0.1) is 0 Å². The average molecular weight is 787 g/mol. The number of aliphatic hydroxyl groups excluding tert-OH is 9. The van der Waals surface area contributed by atoms with Crippen molar-refractivity contribution in [3.05, 3.63) is 11.6 Å². The summed E-state index contributed by atoms with van der Waals surface area (Å²) in [4.78, 5) is 0. The zero-order valence-corrected chi connectivity index (χ0v) is 32.8. The van der Waals surface area contributed by atoms with Crippen LogP contribution in [-0.2, 0) is 28.4 Å². The Kier molecular flexibility index (Phi) is 12.3. The van der Waals surface area contributed by atoms with E-state index in [1.165, 1.54) is 0 Å². The highest BCUT2D eigenvalue weighted by atomic mass is 16.7. The van der Waals surface area contributed by atoms with E-state index in [4.69, 9.17) is 28.4 Å². The fourth-order valence-electron chi connectivity index (χ4n) is 12.5. The first-order chi connectivity index (χ1) is 26.0. The predicted octanol–water partition coefficient (Wildman–Crippen LogP) is -0.0584. The second-order valence-corrected chi connectivity index (χ2v) is 18.5. The minimum atomic E-state index is -1.55. The third kappa shape index (κ3) is 6.98. The van der Waals surface area contributed by atoms with Crippen molar-refractivity contribution < 1.29 is 74.4 Å². The summed E-state index contributed by atoms with van der Waals surface area (Å²) in [5, 5.41) is 92.7. The number of fused-ring (bicyclic) bond motifs is 7. The lowest BCUT2D eigenvalue weighted by Gasteiger charge is -2.60. The smallest absolute Gasteiger partial charge is 0.187 e. The fraction of sp³-hybridized carbons (Fsp3) is 0.950. The summed E-state index contributed by atoms with van der Waals surface area (Å²) >= 11 is 0. The molecule has 3 heterocycles. The molecule has 3 saturated heterocycles. The molecule has 6 fully saturated rings. The summed E-state index contributed by atoms with van der Waals surface area (Å²) in [6, 6.07) is 0. The van der Waals surface area contributed by atoms with Crippen molar-refractivity contribution in [3.8, 4) is 0 Å². The topological polar surface area (TPSA) is 237 Å². The highest BCUT2D eigenvalue weighted by Crippen LogP contribution is 2.70. The van der Waals surface area contributed by atoms with Crippen LogP contribution in [0.3, 0.4) is 0 Å². The Morgan fingerprint density at radius 3 is 2.13 bits per heavy atom. The molecule has 0 amide bonds. The SMILES string of the molecule is CO[C@]1(CC[C@H](C)CO[C@@H]2O[C@H](CO)[C@@H](O)[C@H](O)[C@H]2O)O[C@H]2C[C@H]3[C@@H]4CC=C5C[C@@H](O)C[C@@H](O[C@@H]6O[C@H](CO)[C@H](O)[C@H](O)[C@H]6O)[C@]5(C)[C@H]4CC[C@]3(C)[C@H]2[C@@H]1C. The third-order valence-electron chi connectivity index (χ3n) is 15.7. The van der Waals surface area contributed by atoms with Gasteiger partial charge in [-0.2, -0.15) is 0 Å². The molecular formula is C40H66O15. The van der Waals surface area contributed by atoms with Crippen LogP contribution in [0.1, 0.15) is 79.1 Å². The lowest BCUT2D eigenvalue weighted by Crippen LogP contribution is -2.62. The van der Waals surface area contributed by atoms with E-state index in [-0.39, 0.29) is 41.8 Å². The summed E-state index contributed by atoms with van der Waals surface area (Å²) < 4.78 is 37.0. The van der Waals surface area contributed by atoms with Crippen molar-refractivity contribution in [2.75, 3.05) is 26.9 Å². The predicted molar refractivity (Wildman–Crippen MR) is 193 cm³/mol. The van der Waals surface area contributed by atoms with Gasteiger partial charge in [0.15, 0.2) is 18.4 Å². The van der Waals surface area contributed by atoms with Gasteiger partial charge in [0, 0.05) is 31.3 Å². The van der Waals surface area contributed by atoms with Gasteiger partial charge in [-0.3, -0.25) is 0 Å². The van der Waals surface area contributed by atoms with Crippen LogP contribution in [-0.4, -0.2) is 158 Å². The molecule has 0 aromatic carbocycles. The summed E-state index contributed by atoms with van der Waals surface area (Å²) in [7, 11) is 1.71. The molecule has 316 valence electrons. The molecule has 15 heteroatoms. The monoisotopic (exact) mass is 786 g/mol. The van der Waals surface area contributed by atoms with Crippen LogP contribution in [0.4, 0.5) is 0 Å². The number of aliphatic hydroxyl groups is 9. The third-order valence-corrected chi connectivity index (χ3v) is 15.7. The largest absolute Gasteiger partial charge is 0.394 e. The van der Waals surface area contributed by atoms with Gasteiger partial charge in [-0.25, -0.2) is 0 Å². The molecule has 15 nitrogen and oxygen atoms in total. The van der Waals surface area contributed by atoms with Gasteiger partial charge in [0.05, 0.1) is 38.1 Å². The molecule has 7 rings (SSSR count). The summed E-state index contributed by atoms with van der Waals surface area (Å²) in [5.74, 6) is 0.550. The van der Waals surface area contributed by atoms with Crippen LogP contribution in [0.2, 0.25) is 0 Å². The molecule has 0 unspecified atom stereocenters. The molecule has 7 aliphatic rings. The Balaban J connectivity index is 1.02. The van der Waals surface area contributed by atoms with E-state index in [0.717, 1.165) is 31.3 Å². The maximum Gasteiger partial charge on any atom is 0.187 e. The molecular weight excluding hydrogens is 720 g/mol. The summed E-state index contributed by atoms with van der Waals surface area (Å²) in [5.41, 5.74) is 0.681. The fourth-order valence-corrected chi connectivity index (χ4v) is 12.5. The molecule has 0 spiro atoms. The van der Waals surface area contributed by atoms with Crippen LogP contribution >= 0.6 is 0 Å². The van der Waals surface area contributed by atoms with Gasteiger partial charge in [0.1, 0.15) is 48.8 Å². The number of rotatable bonds is 11. The van der Waals surface area contributed by atoms with Crippen LogP contribution in [0, 0.1) is 46.3 Å². The van der Waals surface area contributed by atoms with Crippen molar-refractivity contribution in [1.82, 2.24) is 0 Å². The normalized spacial score (nSPS) is 54.2. The molecule has 9 N–H and O–H groups in total. The van der Waals surface area contributed by atoms with E-state index in [1.54, 1.807) is 7.11 Å². The Morgan fingerprint density at radius 1 is 0.855 bits per heavy atom. The number of hydrogen-bond acceptors (Lipinski definition) is 15. The minimum absolute atomic E-state index is 0.00707. The maximum absolute atomic E-state index is 11.0. The molecule has 4 aliphatic carbocycles. The van der Waals surface area contributed by atoms with E-state index in [9.17, 15) is 46.0 Å². The molecule has 3 saturated carbocycles. The van der Waals surface area contributed by atoms with Gasteiger partial charge in [-0.05, 0) is 73.5 Å². The highest BCUT2D eigenvalue weighted by molar-refractivity contribution is 5.28. The first-order valence-electron chi connectivity index (χ1n) is 20.5. The molecule has 0 bridgehead atoms. The van der Waals surface area contributed by atoms with E-state index in [1.807, 2.05) is 6.92 Å². The van der Waals surface area contributed by atoms with Crippen molar-refractivity contribution >= 4 is 0 Å². The Bertz CT molecular complexity index is 1370. The molecule has 22 atom stereocenters. The number of allylic oxidation sites excluding steroid dienone is 1. The maximum atomic E-state index is 11.0. The first kappa shape index (κ1) is 42.3. The van der Waals surface area contributed by atoms with Crippen molar-refractivity contribution in [2.45, 2.75) is 165 Å². The van der Waals surface area contributed by atoms with Gasteiger partial charge in [-0.1, -0.05) is 39.3 Å². The first-order valence-corrected chi connectivity index (χ1v) is 20.5. The lowest BCUT2D eigenvalue weighted by molar-refractivity contribution is -0.324. The summed E-state index contributed by atoms with van der Waals surface area (Å²) in [6.07, 6.45) is -6.42. The number of ether oxygens (including phenoxy) is 6. The van der Waals surface area contributed by atoms with Gasteiger partial charge in [0.2, 0.25) is 0 Å². The van der Waals surface area contributed by atoms with E-state index in [2.05, 4.69) is 26.8 Å². The molecule has 0 aromatic rings. The Labute approximate surface area is 323 Å². The van der Waals surface area contributed by atoms with Gasteiger partial charge in [0.25, 0.3) is 0 Å².